The van der Waals surface area contributed by atoms with Crippen LogP contribution in [0.5, 0.6) is 0 Å². The van der Waals surface area contributed by atoms with Crippen molar-refractivity contribution < 1.29 is 13.3 Å². The predicted molar refractivity (Wildman–Crippen MR) is 51.3 cm³/mol. The zero-order chi connectivity index (χ0) is 11.0. The van der Waals surface area contributed by atoms with E-state index < -0.39 is 11.6 Å². The summed E-state index contributed by atoms with van der Waals surface area (Å²) in [7, 11) is 0. The average Bonchev–Trinajstić information content (AvgIpc) is 2.53. The molecule has 0 unspecified atom stereocenters. The number of nitrogens with two attached hydrogens (primary N) is 1. The monoisotopic (exact) mass is 230 g/mol. The van der Waals surface area contributed by atoms with E-state index in [9.17, 15) is 8.78 Å². The number of hydrogen-bond donors (Lipinski definition) is 1. The Balaban J connectivity index is 2.55. The predicted octanol–water partition coefficient (Wildman–Crippen LogP) is 2.86. The molecular weight excluding hydrogens is 226 g/mol. The number of nitrogen functional groups attached to an aromatic ring is 1. The third kappa shape index (κ3) is 1.66. The van der Waals surface area contributed by atoms with Crippen molar-refractivity contribution in [3.63, 3.8) is 0 Å². The fourth-order valence-corrected chi connectivity index (χ4v) is 1.29. The molecule has 0 saturated heterocycles. The molecule has 3 nitrogen and oxygen atoms in total. The molecule has 1 aromatic carbocycles. The minimum Gasteiger partial charge on any atom is -0.380 e. The standard InChI is InChI=1S/C9H5ClF2N2O/c10-7-8(15-14-9(7)13)4-1-2-5(11)6(12)3-4/h1-3H,(H2,13,14). The molecule has 0 aliphatic carbocycles. The van der Waals surface area contributed by atoms with Gasteiger partial charge in [-0.05, 0) is 18.2 Å². The molecule has 15 heavy (non-hydrogen) atoms. The highest BCUT2D eigenvalue weighted by Gasteiger charge is 2.15. The lowest BCUT2D eigenvalue weighted by Crippen LogP contribution is -1.85. The number of aromatic nitrogens is 1. The fraction of sp³-hybridized carbons (Fsp3) is 0. The first-order chi connectivity index (χ1) is 7.09. The van der Waals surface area contributed by atoms with Gasteiger partial charge < -0.3 is 10.3 Å². The van der Waals surface area contributed by atoms with E-state index >= 15 is 0 Å². The Morgan fingerprint density at radius 2 is 2.00 bits per heavy atom. The molecule has 0 aliphatic heterocycles. The van der Waals surface area contributed by atoms with Crippen LogP contribution in [0.4, 0.5) is 14.6 Å². The third-order valence-electron chi connectivity index (χ3n) is 1.84. The average molecular weight is 231 g/mol. The van der Waals surface area contributed by atoms with Crippen molar-refractivity contribution >= 4 is 17.4 Å². The van der Waals surface area contributed by atoms with Crippen molar-refractivity contribution in [2.45, 2.75) is 0 Å². The number of hydrogen-bond acceptors (Lipinski definition) is 3. The van der Waals surface area contributed by atoms with E-state index in [0.717, 1.165) is 12.1 Å². The molecule has 0 atom stereocenters. The number of halogens is 3. The second-order valence-electron chi connectivity index (χ2n) is 2.84. The molecule has 2 N–H and O–H groups in total. The summed E-state index contributed by atoms with van der Waals surface area (Å²) in [6.45, 7) is 0. The molecule has 0 aliphatic rings. The minimum atomic E-state index is -0.987. The lowest BCUT2D eigenvalue weighted by molar-refractivity contribution is 0.435. The van der Waals surface area contributed by atoms with E-state index in [1.807, 2.05) is 0 Å². The zero-order valence-corrected chi connectivity index (χ0v) is 8.05. The van der Waals surface area contributed by atoms with Gasteiger partial charge >= 0.3 is 0 Å². The van der Waals surface area contributed by atoms with Crippen LogP contribution < -0.4 is 5.73 Å². The molecule has 6 heteroatoms. The highest BCUT2D eigenvalue weighted by Crippen LogP contribution is 2.32. The maximum atomic E-state index is 12.9. The highest BCUT2D eigenvalue weighted by molar-refractivity contribution is 6.35. The van der Waals surface area contributed by atoms with Gasteiger partial charge in [-0.2, -0.15) is 0 Å². The summed E-state index contributed by atoms with van der Waals surface area (Å²) in [5, 5.41) is 3.48. The molecule has 0 radical (unpaired) electrons. The van der Waals surface area contributed by atoms with E-state index in [2.05, 4.69) is 5.16 Å². The molecule has 78 valence electrons. The summed E-state index contributed by atoms with van der Waals surface area (Å²) in [4.78, 5) is 0. The van der Waals surface area contributed by atoms with Crippen molar-refractivity contribution in [2.24, 2.45) is 0 Å². The van der Waals surface area contributed by atoms with Gasteiger partial charge in [-0.1, -0.05) is 16.8 Å². The van der Waals surface area contributed by atoms with Crippen molar-refractivity contribution in [3.05, 3.63) is 34.9 Å². The van der Waals surface area contributed by atoms with Crippen molar-refractivity contribution in [2.75, 3.05) is 5.73 Å². The van der Waals surface area contributed by atoms with Crippen LogP contribution in [-0.4, -0.2) is 5.16 Å². The maximum Gasteiger partial charge on any atom is 0.187 e. The molecule has 0 saturated carbocycles. The number of anilines is 1. The van der Waals surface area contributed by atoms with Crippen molar-refractivity contribution in [3.8, 4) is 11.3 Å². The molecule has 1 aromatic heterocycles. The summed E-state index contributed by atoms with van der Waals surface area (Å²) in [5.74, 6) is -1.80. The summed E-state index contributed by atoms with van der Waals surface area (Å²) < 4.78 is 30.3. The number of benzene rings is 1. The second-order valence-corrected chi connectivity index (χ2v) is 3.22. The van der Waals surface area contributed by atoms with Crippen LogP contribution >= 0.6 is 11.6 Å². The van der Waals surface area contributed by atoms with Gasteiger partial charge in [-0.3, -0.25) is 0 Å². The third-order valence-corrected chi connectivity index (χ3v) is 2.21. The van der Waals surface area contributed by atoms with Crippen LogP contribution in [0, 0.1) is 11.6 Å². The lowest BCUT2D eigenvalue weighted by Gasteiger charge is -1.97. The van der Waals surface area contributed by atoms with E-state index in [1.165, 1.54) is 6.07 Å². The normalized spacial score (nSPS) is 10.6. The smallest absolute Gasteiger partial charge is 0.187 e. The Kier molecular flexibility index (Phi) is 2.32. The van der Waals surface area contributed by atoms with Gasteiger partial charge in [-0.15, -0.1) is 0 Å². The van der Waals surface area contributed by atoms with Gasteiger partial charge in [0, 0.05) is 5.56 Å². The number of nitrogens with zero attached hydrogens (tertiary/aromatic N) is 1. The van der Waals surface area contributed by atoms with Gasteiger partial charge in [0.15, 0.2) is 23.2 Å². The Hall–Kier alpha value is -1.62. The molecule has 1 heterocycles. The first-order valence-electron chi connectivity index (χ1n) is 3.95. The lowest BCUT2D eigenvalue weighted by atomic mass is 10.1. The highest BCUT2D eigenvalue weighted by atomic mass is 35.5. The van der Waals surface area contributed by atoms with Crippen molar-refractivity contribution in [1.82, 2.24) is 5.16 Å². The molecule has 0 bridgehead atoms. The van der Waals surface area contributed by atoms with E-state index in [0.29, 0.717) is 0 Å². The Morgan fingerprint density at radius 1 is 1.27 bits per heavy atom. The van der Waals surface area contributed by atoms with Crippen LogP contribution in [0.25, 0.3) is 11.3 Å². The summed E-state index contributed by atoms with van der Waals surface area (Å²) in [6.07, 6.45) is 0. The quantitative estimate of drug-likeness (QED) is 0.820. The van der Waals surface area contributed by atoms with Crippen molar-refractivity contribution in [1.29, 1.82) is 0 Å². The van der Waals surface area contributed by atoms with Gasteiger partial charge in [0.25, 0.3) is 0 Å². The summed E-state index contributed by atoms with van der Waals surface area (Å²) in [6, 6.07) is 3.26. The molecule has 2 rings (SSSR count). The molecule has 2 aromatic rings. The first kappa shape index (κ1) is 9.92. The molecule has 0 spiro atoms. The Bertz CT molecular complexity index is 513. The first-order valence-corrected chi connectivity index (χ1v) is 4.33. The largest absolute Gasteiger partial charge is 0.380 e. The van der Waals surface area contributed by atoms with Crippen LogP contribution in [-0.2, 0) is 0 Å². The molecular formula is C9H5ClF2N2O. The van der Waals surface area contributed by atoms with Crippen LogP contribution in [0.1, 0.15) is 0 Å². The van der Waals surface area contributed by atoms with Crippen LogP contribution in [0.2, 0.25) is 5.02 Å². The summed E-state index contributed by atoms with van der Waals surface area (Å²) >= 11 is 5.74. The van der Waals surface area contributed by atoms with Crippen LogP contribution in [0.15, 0.2) is 22.7 Å². The van der Waals surface area contributed by atoms with Crippen LogP contribution in [0.3, 0.4) is 0 Å². The van der Waals surface area contributed by atoms with Gasteiger partial charge in [0.2, 0.25) is 0 Å². The Morgan fingerprint density at radius 3 is 2.53 bits per heavy atom. The fourth-order valence-electron chi connectivity index (χ4n) is 1.11. The minimum absolute atomic E-state index is 0.0106. The Labute approximate surface area is 88.4 Å². The topological polar surface area (TPSA) is 52.0 Å². The van der Waals surface area contributed by atoms with Gasteiger partial charge in [-0.25, -0.2) is 8.78 Å². The molecule has 0 amide bonds. The molecule has 0 fully saturated rings. The van der Waals surface area contributed by atoms with Gasteiger partial charge in [0.1, 0.15) is 5.02 Å². The van der Waals surface area contributed by atoms with E-state index in [-0.39, 0.29) is 22.2 Å². The summed E-state index contributed by atoms with van der Waals surface area (Å²) in [5.41, 5.74) is 5.62. The van der Waals surface area contributed by atoms with E-state index in [4.69, 9.17) is 21.9 Å². The zero-order valence-electron chi connectivity index (χ0n) is 7.30. The maximum absolute atomic E-state index is 12.9. The number of rotatable bonds is 1. The SMILES string of the molecule is Nc1noc(-c2ccc(F)c(F)c2)c1Cl. The van der Waals surface area contributed by atoms with Gasteiger partial charge in [0.05, 0.1) is 0 Å². The second kappa shape index (κ2) is 3.51. The van der Waals surface area contributed by atoms with E-state index in [1.54, 1.807) is 0 Å².